The van der Waals surface area contributed by atoms with Crippen LogP contribution in [0.1, 0.15) is 16.0 Å². The van der Waals surface area contributed by atoms with E-state index in [9.17, 15) is 4.39 Å². The number of guanidine groups is 1. The van der Waals surface area contributed by atoms with E-state index in [2.05, 4.69) is 27.1 Å². The molecule has 112 valence electrons. The molecule has 1 heterocycles. The zero-order valence-electron chi connectivity index (χ0n) is 12.3. The number of rotatable bonds is 5. The number of benzene rings is 1. The highest BCUT2D eigenvalue weighted by molar-refractivity contribution is 7.09. The number of hydrogen-bond donors (Lipinski definition) is 2. The Labute approximate surface area is 128 Å². The van der Waals surface area contributed by atoms with Crippen molar-refractivity contribution in [2.24, 2.45) is 4.99 Å². The molecule has 0 spiro atoms. The number of halogens is 1. The van der Waals surface area contributed by atoms with E-state index in [4.69, 9.17) is 0 Å². The standard InChI is InChI=1S/C16H20FN3S/c1-12-10-14(17)6-5-13(12)7-8-19-16(18-2)20-11-15-4-3-9-21-15/h3-6,9-10H,7-8,11H2,1-2H3,(H2,18,19,20). The number of thiophene rings is 1. The Morgan fingerprint density at radius 1 is 1.29 bits per heavy atom. The predicted molar refractivity (Wildman–Crippen MR) is 87.4 cm³/mol. The van der Waals surface area contributed by atoms with Crippen LogP contribution < -0.4 is 10.6 Å². The molecule has 2 N–H and O–H groups in total. The molecule has 0 unspecified atom stereocenters. The lowest BCUT2D eigenvalue weighted by atomic mass is 10.1. The Kier molecular flexibility index (Phi) is 5.75. The third kappa shape index (κ3) is 4.86. The monoisotopic (exact) mass is 305 g/mol. The molecule has 0 saturated carbocycles. The van der Waals surface area contributed by atoms with Gasteiger partial charge in [0.2, 0.25) is 0 Å². The largest absolute Gasteiger partial charge is 0.356 e. The highest BCUT2D eigenvalue weighted by Crippen LogP contribution is 2.10. The average molecular weight is 305 g/mol. The molecule has 0 bridgehead atoms. The van der Waals surface area contributed by atoms with Crippen molar-refractivity contribution in [1.82, 2.24) is 10.6 Å². The molecule has 1 aromatic heterocycles. The summed E-state index contributed by atoms with van der Waals surface area (Å²) in [7, 11) is 1.76. The van der Waals surface area contributed by atoms with Gasteiger partial charge in [0, 0.05) is 18.5 Å². The van der Waals surface area contributed by atoms with Crippen LogP contribution in [0.4, 0.5) is 4.39 Å². The highest BCUT2D eigenvalue weighted by Gasteiger charge is 2.02. The fourth-order valence-electron chi connectivity index (χ4n) is 2.06. The maximum absolute atomic E-state index is 13.0. The van der Waals surface area contributed by atoms with Gasteiger partial charge in [0.1, 0.15) is 5.82 Å². The molecule has 0 aliphatic rings. The van der Waals surface area contributed by atoms with E-state index in [1.54, 1.807) is 24.5 Å². The minimum Gasteiger partial charge on any atom is -0.356 e. The molecular weight excluding hydrogens is 285 g/mol. The van der Waals surface area contributed by atoms with Gasteiger partial charge in [0.25, 0.3) is 0 Å². The van der Waals surface area contributed by atoms with Crippen LogP contribution in [0.25, 0.3) is 0 Å². The molecule has 1 aromatic carbocycles. The van der Waals surface area contributed by atoms with Crippen LogP contribution in [-0.4, -0.2) is 19.6 Å². The predicted octanol–water partition coefficient (Wildman–Crippen LogP) is 3.10. The first-order chi connectivity index (χ1) is 10.2. The first-order valence-corrected chi connectivity index (χ1v) is 7.79. The van der Waals surface area contributed by atoms with Crippen LogP contribution in [0, 0.1) is 12.7 Å². The lowest BCUT2D eigenvalue weighted by Crippen LogP contribution is -2.37. The summed E-state index contributed by atoms with van der Waals surface area (Å²) in [5, 5.41) is 8.60. The molecule has 0 aliphatic heterocycles. The van der Waals surface area contributed by atoms with Gasteiger partial charge in [-0.1, -0.05) is 12.1 Å². The second-order valence-electron chi connectivity index (χ2n) is 4.75. The number of nitrogens with one attached hydrogen (secondary N) is 2. The third-order valence-corrected chi connectivity index (χ3v) is 4.10. The van der Waals surface area contributed by atoms with Crippen molar-refractivity contribution in [1.29, 1.82) is 0 Å². The van der Waals surface area contributed by atoms with Crippen molar-refractivity contribution in [3.8, 4) is 0 Å². The van der Waals surface area contributed by atoms with Gasteiger partial charge in [-0.3, -0.25) is 4.99 Å². The van der Waals surface area contributed by atoms with E-state index in [1.165, 1.54) is 10.9 Å². The van der Waals surface area contributed by atoms with Crippen LogP contribution in [0.15, 0.2) is 40.7 Å². The van der Waals surface area contributed by atoms with Gasteiger partial charge in [-0.25, -0.2) is 4.39 Å². The lowest BCUT2D eigenvalue weighted by Gasteiger charge is -2.12. The fraction of sp³-hybridized carbons (Fsp3) is 0.312. The molecule has 2 aromatic rings. The number of aryl methyl sites for hydroxylation is 1. The quantitative estimate of drug-likeness (QED) is 0.658. The second-order valence-corrected chi connectivity index (χ2v) is 5.78. The summed E-state index contributed by atoms with van der Waals surface area (Å²) in [5.41, 5.74) is 2.14. The van der Waals surface area contributed by atoms with Crippen molar-refractivity contribution in [2.75, 3.05) is 13.6 Å². The van der Waals surface area contributed by atoms with E-state index < -0.39 is 0 Å². The molecule has 21 heavy (non-hydrogen) atoms. The number of hydrogen-bond acceptors (Lipinski definition) is 2. The Hall–Kier alpha value is -1.88. The maximum atomic E-state index is 13.0. The summed E-state index contributed by atoms with van der Waals surface area (Å²) < 4.78 is 13.0. The Bertz CT molecular complexity index is 594. The van der Waals surface area contributed by atoms with Crippen molar-refractivity contribution >= 4 is 17.3 Å². The van der Waals surface area contributed by atoms with Gasteiger partial charge < -0.3 is 10.6 Å². The normalized spacial score (nSPS) is 11.5. The van der Waals surface area contributed by atoms with Crippen molar-refractivity contribution in [3.63, 3.8) is 0 Å². The summed E-state index contributed by atoms with van der Waals surface area (Å²) in [6.45, 7) is 3.46. The Morgan fingerprint density at radius 3 is 2.81 bits per heavy atom. The van der Waals surface area contributed by atoms with E-state index >= 15 is 0 Å². The van der Waals surface area contributed by atoms with E-state index in [1.807, 2.05) is 19.1 Å². The molecular formula is C16H20FN3S. The number of nitrogens with zero attached hydrogens (tertiary/aromatic N) is 1. The van der Waals surface area contributed by atoms with Gasteiger partial charge in [0.05, 0.1) is 6.54 Å². The fourth-order valence-corrected chi connectivity index (χ4v) is 2.70. The molecule has 0 amide bonds. The molecule has 0 atom stereocenters. The van der Waals surface area contributed by atoms with Crippen LogP contribution >= 0.6 is 11.3 Å². The first kappa shape index (κ1) is 15.5. The summed E-state index contributed by atoms with van der Waals surface area (Å²) in [5.74, 6) is 0.598. The van der Waals surface area contributed by atoms with Crippen LogP contribution in [0.5, 0.6) is 0 Å². The highest BCUT2D eigenvalue weighted by atomic mass is 32.1. The van der Waals surface area contributed by atoms with Crippen molar-refractivity contribution in [2.45, 2.75) is 19.9 Å². The minimum atomic E-state index is -0.183. The van der Waals surface area contributed by atoms with E-state index in [0.29, 0.717) is 0 Å². The van der Waals surface area contributed by atoms with Gasteiger partial charge in [-0.05, 0) is 48.1 Å². The molecule has 0 aliphatic carbocycles. The van der Waals surface area contributed by atoms with Crippen LogP contribution in [0.3, 0.4) is 0 Å². The molecule has 3 nitrogen and oxygen atoms in total. The molecule has 5 heteroatoms. The third-order valence-electron chi connectivity index (χ3n) is 3.23. The summed E-state index contributed by atoms with van der Waals surface area (Å²) in [6, 6.07) is 9.04. The Balaban J connectivity index is 1.78. The molecule has 0 saturated heterocycles. The zero-order chi connectivity index (χ0) is 15.1. The van der Waals surface area contributed by atoms with Gasteiger partial charge in [-0.2, -0.15) is 0 Å². The lowest BCUT2D eigenvalue weighted by molar-refractivity contribution is 0.625. The summed E-state index contributed by atoms with van der Waals surface area (Å²) >= 11 is 1.72. The van der Waals surface area contributed by atoms with E-state index in [-0.39, 0.29) is 5.82 Å². The summed E-state index contributed by atoms with van der Waals surface area (Å²) in [4.78, 5) is 5.46. The summed E-state index contributed by atoms with van der Waals surface area (Å²) in [6.07, 6.45) is 0.839. The molecule has 0 fully saturated rings. The van der Waals surface area contributed by atoms with Gasteiger partial charge >= 0.3 is 0 Å². The minimum absolute atomic E-state index is 0.183. The van der Waals surface area contributed by atoms with Gasteiger partial charge in [-0.15, -0.1) is 11.3 Å². The number of aliphatic imine (C=N–C) groups is 1. The molecule has 0 radical (unpaired) electrons. The van der Waals surface area contributed by atoms with Gasteiger partial charge in [0.15, 0.2) is 5.96 Å². The maximum Gasteiger partial charge on any atom is 0.191 e. The second kappa shape index (κ2) is 7.78. The van der Waals surface area contributed by atoms with Crippen LogP contribution in [-0.2, 0) is 13.0 Å². The first-order valence-electron chi connectivity index (χ1n) is 6.91. The zero-order valence-corrected chi connectivity index (χ0v) is 13.1. The van der Waals surface area contributed by atoms with E-state index in [0.717, 1.165) is 36.6 Å². The SMILES string of the molecule is CN=C(NCCc1ccc(F)cc1C)NCc1cccs1. The van der Waals surface area contributed by atoms with Crippen molar-refractivity contribution in [3.05, 3.63) is 57.5 Å². The average Bonchev–Trinajstić information content (AvgIpc) is 2.98. The smallest absolute Gasteiger partial charge is 0.191 e. The van der Waals surface area contributed by atoms with Crippen molar-refractivity contribution < 1.29 is 4.39 Å². The van der Waals surface area contributed by atoms with Crippen LogP contribution in [0.2, 0.25) is 0 Å². The topological polar surface area (TPSA) is 36.4 Å². The molecule has 2 rings (SSSR count). The Morgan fingerprint density at radius 2 is 2.14 bits per heavy atom.